The van der Waals surface area contributed by atoms with Crippen LogP contribution in [0.1, 0.15) is 10.4 Å². The molecule has 0 bridgehead atoms. The van der Waals surface area contributed by atoms with Crippen molar-refractivity contribution in [3.63, 3.8) is 0 Å². The van der Waals surface area contributed by atoms with Crippen molar-refractivity contribution in [3.05, 3.63) is 57.1 Å². The maximum absolute atomic E-state index is 12.9. The van der Waals surface area contributed by atoms with Crippen molar-refractivity contribution in [1.29, 1.82) is 0 Å². The first-order valence-electron chi connectivity index (χ1n) is 8.16. The second-order valence-electron chi connectivity index (χ2n) is 5.61. The topological polar surface area (TPSA) is 66.8 Å². The number of carbonyl (C=O) groups is 2. The van der Waals surface area contributed by atoms with Gasteiger partial charge < -0.3 is 9.84 Å². The molecule has 1 aliphatic heterocycles. The van der Waals surface area contributed by atoms with Gasteiger partial charge in [0, 0.05) is 17.2 Å². The molecule has 1 N–H and O–H groups in total. The van der Waals surface area contributed by atoms with E-state index in [1.807, 2.05) is 41.8 Å². The highest BCUT2D eigenvalue weighted by molar-refractivity contribution is 8.04. The van der Waals surface area contributed by atoms with Crippen LogP contribution in [0.4, 0.5) is 0 Å². The summed E-state index contributed by atoms with van der Waals surface area (Å²) in [5, 5.41) is 11.0. The van der Waals surface area contributed by atoms with Gasteiger partial charge in [-0.05, 0) is 35.6 Å². The molecule has 7 heteroatoms. The molecular formula is C19H19NO4S2. The van der Waals surface area contributed by atoms with E-state index in [2.05, 4.69) is 0 Å². The molecule has 1 aliphatic rings. The third kappa shape index (κ3) is 3.85. The van der Waals surface area contributed by atoms with Crippen LogP contribution in [0.5, 0.6) is 5.75 Å². The summed E-state index contributed by atoms with van der Waals surface area (Å²) in [4.78, 5) is 28.2. The number of aliphatic hydroxyl groups excluding tert-OH is 1. The average Bonchev–Trinajstić information content (AvgIpc) is 3.26. The number of methoxy groups -OCH3 is 1. The van der Waals surface area contributed by atoms with Gasteiger partial charge in [-0.1, -0.05) is 18.2 Å². The monoisotopic (exact) mass is 389 g/mol. The van der Waals surface area contributed by atoms with Gasteiger partial charge in [0.2, 0.25) is 0 Å². The zero-order valence-electron chi connectivity index (χ0n) is 14.3. The first-order chi connectivity index (χ1) is 12.7. The number of amides is 2. The molecule has 0 saturated heterocycles. The van der Waals surface area contributed by atoms with Crippen LogP contribution in [0.2, 0.25) is 0 Å². The Morgan fingerprint density at radius 2 is 1.92 bits per heavy atom. The molecule has 3 rings (SSSR count). The number of carbonyl (C=O) groups excluding carboxylic acids is 2. The highest BCUT2D eigenvalue weighted by atomic mass is 32.2. The molecule has 0 fully saturated rings. The molecule has 2 amide bonds. The van der Waals surface area contributed by atoms with Crippen molar-refractivity contribution < 1.29 is 19.4 Å². The van der Waals surface area contributed by atoms with Crippen LogP contribution in [-0.4, -0.2) is 47.8 Å². The third-order valence-electron chi connectivity index (χ3n) is 4.01. The van der Waals surface area contributed by atoms with E-state index in [-0.39, 0.29) is 18.4 Å². The second-order valence-corrected chi connectivity index (χ2v) is 7.67. The van der Waals surface area contributed by atoms with Crippen LogP contribution in [0.15, 0.2) is 46.7 Å². The Morgan fingerprint density at radius 3 is 2.54 bits per heavy atom. The summed E-state index contributed by atoms with van der Waals surface area (Å²) in [6.45, 7) is 0.279. The fraction of sp³-hybridized carbons (Fsp3) is 0.263. The number of aliphatic hydroxyl groups is 1. The summed E-state index contributed by atoms with van der Waals surface area (Å²) >= 11 is 2.68. The molecular weight excluding hydrogens is 370 g/mol. The zero-order chi connectivity index (χ0) is 18.5. The molecule has 0 unspecified atom stereocenters. The van der Waals surface area contributed by atoms with Gasteiger partial charge in [-0.15, -0.1) is 23.1 Å². The highest BCUT2D eigenvalue weighted by Crippen LogP contribution is 2.37. The van der Waals surface area contributed by atoms with Crippen molar-refractivity contribution in [2.45, 2.75) is 6.42 Å². The Bertz CT molecular complexity index is 813. The van der Waals surface area contributed by atoms with E-state index in [0.29, 0.717) is 29.2 Å². The van der Waals surface area contributed by atoms with Gasteiger partial charge in [0.05, 0.1) is 24.2 Å². The van der Waals surface area contributed by atoms with Crippen molar-refractivity contribution in [2.24, 2.45) is 0 Å². The van der Waals surface area contributed by atoms with E-state index in [9.17, 15) is 9.59 Å². The number of ether oxygens (including phenoxy) is 1. The molecule has 0 aliphatic carbocycles. The lowest BCUT2D eigenvalue weighted by molar-refractivity contribution is -0.136. The summed E-state index contributed by atoms with van der Waals surface area (Å²) in [7, 11) is 1.61. The number of thioether (sulfide) groups is 1. The lowest BCUT2D eigenvalue weighted by Crippen LogP contribution is -2.33. The number of hydrogen-bond acceptors (Lipinski definition) is 6. The van der Waals surface area contributed by atoms with Crippen molar-refractivity contribution >= 4 is 40.5 Å². The van der Waals surface area contributed by atoms with Crippen LogP contribution in [-0.2, 0) is 16.0 Å². The van der Waals surface area contributed by atoms with Gasteiger partial charge in [0.15, 0.2) is 0 Å². The highest BCUT2D eigenvalue weighted by Gasteiger charge is 2.39. The van der Waals surface area contributed by atoms with Crippen LogP contribution in [0, 0.1) is 0 Å². The molecule has 0 spiro atoms. The first kappa shape index (κ1) is 18.7. The number of rotatable bonds is 8. The summed E-state index contributed by atoms with van der Waals surface area (Å²) in [5.41, 5.74) is 1.48. The van der Waals surface area contributed by atoms with E-state index in [1.54, 1.807) is 7.11 Å². The first-order valence-corrected chi connectivity index (χ1v) is 10.0. The quantitative estimate of drug-likeness (QED) is 0.703. The Balaban J connectivity index is 1.77. The smallest absolute Gasteiger partial charge is 0.268 e. The van der Waals surface area contributed by atoms with Crippen LogP contribution in [0.25, 0.3) is 5.57 Å². The molecule has 1 aromatic heterocycles. The normalized spacial score (nSPS) is 14.5. The zero-order valence-corrected chi connectivity index (χ0v) is 15.9. The molecule has 1 aromatic carbocycles. The maximum atomic E-state index is 12.9. The van der Waals surface area contributed by atoms with E-state index in [1.165, 1.54) is 28.0 Å². The van der Waals surface area contributed by atoms with Crippen LogP contribution >= 0.6 is 23.1 Å². The van der Waals surface area contributed by atoms with Crippen molar-refractivity contribution in [2.75, 3.05) is 26.0 Å². The molecule has 2 aromatic rings. The van der Waals surface area contributed by atoms with Gasteiger partial charge in [0.1, 0.15) is 5.75 Å². The lowest BCUT2D eigenvalue weighted by atomic mass is 10.1. The number of imide groups is 1. The minimum absolute atomic E-state index is 0.0425. The number of nitrogens with zero attached hydrogens (tertiary/aromatic N) is 1. The molecule has 5 nitrogen and oxygen atoms in total. The SMILES string of the molecule is COc1ccc(CCN2C(=O)C(SCCO)=C(c3cccs3)C2=O)cc1. The molecule has 0 radical (unpaired) electrons. The predicted octanol–water partition coefficient (Wildman–Crippen LogP) is 2.80. The standard InChI is InChI=1S/C19H19NO4S2/c1-24-14-6-4-13(5-7-14)8-9-20-18(22)16(15-3-2-11-25-15)17(19(20)23)26-12-10-21/h2-7,11,21H,8-10,12H2,1H3. The molecule has 136 valence electrons. The Morgan fingerprint density at radius 1 is 1.15 bits per heavy atom. The number of benzene rings is 1. The minimum Gasteiger partial charge on any atom is -0.497 e. The fourth-order valence-electron chi connectivity index (χ4n) is 2.71. The second kappa shape index (κ2) is 8.53. The summed E-state index contributed by atoms with van der Waals surface area (Å²) in [6.07, 6.45) is 0.580. The summed E-state index contributed by atoms with van der Waals surface area (Å²) in [6, 6.07) is 11.3. The molecule has 2 heterocycles. The van der Waals surface area contributed by atoms with Gasteiger partial charge in [-0.2, -0.15) is 0 Å². The number of thiophene rings is 1. The molecule has 26 heavy (non-hydrogen) atoms. The fourth-order valence-corrected chi connectivity index (χ4v) is 4.41. The van der Waals surface area contributed by atoms with E-state index in [0.717, 1.165) is 16.2 Å². The van der Waals surface area contributed by atoms with E-state index in [4.69, 9.17) is 9.84 Å². The summed E-state index contributed by atoms with van der Waals surface area (Å²) < 4.78 is 5.14. The van der Waals surface area contributed by atoms with Gasteiger partial charge in [-0.25, -0.2) is 0 Å². The third-order valence-corrected chi connectivity index (χ3v) is 5.96. The van der Waals surface area contributed by atoms with Crippen molar-refractivity contribution in [1.82, 2.24) is 4.90 Å². The average molecular weight is 389 g/mol. The molecule has 0 saturated carbocycles. The maximum Gasteiger partial charge on any atom is 0.268 e. The van der Waals surface area contributed by atoms with Crippen LogP contribution in [0.3, 0.4) is 0 Å². The Hall–Kier alpha value is -2.09. The number of hydrogen-bond donors (Lipinski definition) is 1. The van der Waals surface area contributed by atoms with E-state index < -0.39 is 0 Å². The van der Waals surface area contributed by atoms with Gasteiger partial charge >= 0.3 is 0 Å². The van der Waals surface area contributed by atoms with Crippen molar-refractivity contribution in [3.8, 4) is 5.75 Å². The largest absolute Gasteiger partial charge is 0.497 e. The van der Waals surface area contributed by atoms with Gasteiger partial charge in [-0.3, -0.25) is 14.5 Å². The van der Waals surface area contributed by atoms with Gasteiger partial charge in [0.25, 0.3) is 11.8 Å². The summed E-state index contributed by atoms with van der Waals surface area (Å²) in [5.74, 6) is 0.624. The Labute approximate surface area is 160 Å². The van der Waals surface area contributed by atoms with Crippen LogP contribution < -0.4 is 4.74 Å². The lowest BCUT2D eigenvalue weighted by Gasteiger charge is -2.15. The minimum atomic E-state index is -0.273. The van der Waals surface area contributed by atoms with E-state index >= 15 is 0 Å². The predicted molar refractivity (Wildman–Crippen MR) is 104 cm³/mol. The Kier molecular flexibility index (Phi) is 6.13. The molecule has 0 atom stereocenters.